The number of pyridine rings is 1. The Morgan fingerprint density at radius 3 is 2.58 bits per heavy atom. The zero-order valence-electron chi connectivity index (χ0n) is 17.1. The lowest BCUT2D eigenvalue weighted by Gasteiger charge is -2.25. The number of nitrogens with zero attached hydrogens (tertiary/aromatic N) is 2. The number of carbonyl (C=O) groups is 1. The largest absolute Gasteiger partial charge is 0.482 e. The summed E-state index contributed by atoms with van der Waals surface area (Å²) in [5.74, 6) is 0.0303. The molecule has 158 valence electrons. The number of hydrogen-bond donors (Lipinski definition) is 1. The lowest BCUT2D eigenvalue weighted by Crippen LogP contribution is -2.20. The summed E-state index contributed by atoms with van der Waals surface area (Å²) in [6.45, 7) is 0.191. The van der Waals surface area contributed by atoms with Crippen LogP contribution in [-0.2, 0) is 22.5 Å². The second-order valence-electron chi connectivity index (χ2n) is 7.52. The number of aliphatic carboxylic acids is 1. The maximum Gasteiger partial charge on any atom is 0.341 e. The van der Waals surface area contributed by atoms with Crippen LogP contribution in [0.2, 0.25) is 0 Å². The predicted octanol–water partition coefficient (Wildman–Crippen LogP) is 4.12. The van der Waals surface area contributed by atoms with Gasteiger partial charge in [-0.05, 0) is 48.6 Å². The Morgan fingerprint density at radius 2 is 1.81 bits per heavy atom. The van der Waals surface area contributed by atoms with Gasteiger partial charge in [0.05, 0.1) is 0 Å². The fourth-order valence-corrected chi connectivity index (χ4v) is 3.85. The Morgan fingerprint density at radius 1 is 1.03 bits per heavy atom. The minimum Gasteiger partial charge on any atom is -0.482 e. The van der Waals surface area contributed by atoms with Crippen molar-refractivity contribution in [3.8, 4) is 5.75 Å². The summed E-state index contributed by atoms with van der Waals surface area (Å²) in [7, 11) is 0. The summed E-state index contributed by atoms with van der Waals surface area (Å²) in [6, 6.07) is 19.6. The monoisotopic (exact) mass is 416 g/mol. The fraction of sp³-hybridized carbons (Fsp3) is 0.240. The molecule has 0 aliphatic heterocycles. The summed E-state index contributed by atoms with van der Waals surface area (Å²) in [5, 5.41) is 13.3. The van der Waals surface area contributed by atoms with Crippen LogP contribution >= 0.6 is 0 Å². The molecule has 0 saturated heterocycles. The molecule has 2 aromatic carbocycles. The molecule has 0 radical (unpaired) electrons. The van der Waals surface area contributed by atoms with E-state index in [1.807, 2.05) is 54.6 Å². The predicted molar refractivity (Wildman–Crippen MR) is 117 cm³/mol. The third-order valence-corrected chi connectivity index (χ3v) is 5.36. The number of rotatable bonds is 8. The van der Waals surface area contributed by atoms with E-state index in [0.717, 1.165) is 41.7 Å². The molecule has 4 rings (SSSR count). The van der Waals surface area contributed by atoms with Crippen LogP contribution in [0.3, 0.4) is 0 Å². The molecule has 1 atom stereocenters. The summed E-state index contributed by atoms with van der Waals surface area (Å²) in [6.07, 6.45) is 6.11. The minimum atomic E-state index is -0.971. The molecular weight excluding hydrogens is 392 g/mol. The van der Waals surface area contributed by atoms with E-state index in [0.29, 0.717) is 18.3 Å². The molecule has 1 heterocycles. The van der Waals surface area contributed by atoms with E-state index in [-0.39, 0.29) is 6.61 Å². The standard InChI is InChI=1S/C25H24N2O4/c28-24(29)17-30-23-8-4-7-21-15-18(9-10-22(21)23)16-31-27-25(19-5-2-1-3-6-19)20-11-13-26-14-12-20/h1-8,11-14,18H,9-10,15-17H2,(H,28,29). The summed E-state index contributed by atoms with van der Waals surface area (Å²) < 4.78 is 5.45. The van der Waals surface area contributed by atoms with Crippen molar-refractivity contribution in [3.63, 3.8) is 0 Å². The summed E-state index contributed by atoms with van der Waals surface area (Å²) in [4.78, 5) is 20.7. The number of benzene rings is 2. The number of hydrogen-bond acceptors (Lipinski definition) is 5. The van der Waals surface area contributed by atoms with Gasteiger partial charge in [0.25, 0.3) is 0 Å². The van der Waals surface area contributed by atoms with E-state index in [1.165, 1.54) is 5.56 Å². The molecule has 1 aromatic heterocycles. The van der Waals surface area contributed by atoms with Gasteiger partial charge < -0.3 is 14.7 Å². The minimum absolute atomic E-state index is 0.324. The van der Waals surface area contributed by atoms with E-state index < -0.39 is 5.97 Å². The highest BCUT2D eigenvalue weighted by molar-refractivity contribution is 6.12. The van der Waals surface area contributed by atoms with Crippen molar-refractivity contribution in [3.05, 3.63) is 95.3 Å². The van der Waals surface area contributed by atoms with E-state index in [4.69, 9.17) is 14.7 Å². The lowest BCUT2D eigenvalue weighted by molar-refractivity contribution is -0.139. The van der Waals surface area contributed by atoms with Crippen LogP contribution in [0.25, 0.3) is 0 Å². The van der Waals surface area contributed by atoms with Gasteiger partial charge in [-0.2, -0.15) is 0 Å². The molecule has 0 bridgehead atoms. The van der Waals surface area contributed by atoms with Gasteiger partial charge in [0.1, 0.15) is 18.1 Å². The van der Waals surface area contributed by atoms with E-state index in [9.17, 15) is 4.79 Å². The lowest BCUT2D eigenvalue weighted by atomic mass is 9.84. The highest BCUT2D eigenvalue weighted by Gasteiger charge is 2.22. The Hall–Kier alpha value is -3.67. The van der Waals surface area contributed by atoms with Crippen molar-refractivity contribution >= 4 is 11.7 Å². The van der Waals surface area contributed by atoms with Crippen molar-refractivity contribution in [1.82, 2.24) is 4.98 Å². The van der Waals surface area contributed by atoms with Crippen LogP contribution in [0.5, 0.6) is 5.75 Å². The number of carboxylic acids is 1. The van der Waals surface area contributed by atoms with Gasteiger partial charge in [-0.25, -0.2) is 4.79 Å². The van der Waals surface area contributed by atoms with Crippen LogP contribution in [0, 0.1) is 5.92 Å². The Balaban J connectivity index is 1.44. The highest BCUT2D eigenvalue weighted by Crippen LogP contribution is 2.32. The third kappa shape index (κ3) is 5.28. The van der Waals surface area contributed by atoms with Crippen molar-refractivity contribution in [2.75, 3.05) is 13.2 Å². The maximum atomic E-state index is 10.8. The molecule has 3 aromatic rings. The van der Waals surface area contributed by atoms with Gasteiger partial charge in [0.2, 0.25) is 0 Å². The molecule has 31 heavy (non-hydrogen) atoms. The molecule has 6 heteroatoms. The maximum absolute atomic E-state index is 10.8. The normalized spacial score (nSPS) is 15.7. The van der Waals surface area contributed by atoms with Crippen LogP contribution in [0.1, 0.15) is 28.7 Å². The van der Waals surface area contributed by atoms with Crippen LogP contribution in [0.15, 0.2) is 78.2 Å². The van der Waals surface area contributed by atoms with Crippen molar-refractivity contribution in [2.45, 2.75) is 19.3 Å². The van der Waals surface area contributed by atoms with Gasteiger partial charge >= 0.3 is 5.97 Å². The fourth-order valence-electron chi connectivity index (χ4n) is 3.85. The van der Waals surface area contributed by atoms with Crippen molar-refractivity contribution in [2.24, 2.45) is 11.1 Å². The molecule has 0 spiro atoms. The molecule has 0 saturated carbocycles. The number of ether oxygens (including phenoxy) is 1. The number of fused-ring (bicyclic) bond motifs is 1. The zero-order valence-corrected chi connectivity index (χ0v) is 17.1. The Labute approximate surface area is 181 Å². The summed E-state index contributed by atoms with van der Waals surface area (Å²) in [5.41, 5.74) is 5.01. The topological polar surface area (TPSA) is 81.0 Å². The van der Waals surface area contributed by atoms with Crippen LogP contribution in [-0.4, -0.2) is 35.0 Å². The van der Waals surface area contributed by atoms with E-state index in [1.54, 1.807) is 12.4 Å². The number of oxime groups is 1. The quantitative estimate of drug-likeness (QED) is 0.441. The first-order valence-corrected chi connectivity index (χ1v) is 10.3. The van der Waals surface area contributed by atoms with Crippen LogP contribution in [0.4, 0.5) is 0 Å². The van der Waals surface area contributed by atoms with Gasteiger partial charge in [-0.3, -0.25) is 4.98 Å². The molecular formula is C25H24N2O4. The first-order valence-electron chi connectivity index (χ1n) is 10.3. The Bertz CT molecular complexity index is 1010. The number of carboxylic acid groups (broad SMARTS) is 1. The summed E-state index contributed by atoms with van der Waals surface area (Å²) >= 11 is 0. The molecule has 1 unspecified atom stereocenters. The van der Waals surface area contributed by atoms with E-state index in [2.05, 4.69) is 16.2 Å². The number of aromatic nitrogens is 1. The second-order valence-corrected chi connectivity index (χ2v) is 7.52. The van der Waals surface area contributed by atoms with Gasteiger partial charge in [-0.15, -0.1) is 0 Å². The van der Waals surface area contributed by atoms with Gasteiger partial charge in [-0.1, -0.05) is 47.6 Å². The molecule has 1 aliphatic carbocycles. The Kier molecular flexibility index (Phi) is 6.57. The van der Waals surface area contributed by atoms with E-state index >= 15 is 0 Å². The molecule has 1 N–H and O–H groups in total. The smallest absolute Gasteiger partial charge is 0.341 e. The highest BCUT2D eigenvalue weighted by atomic mass is 16.6. The SMILES string of the molecule is O=C(O)COc1cccc2c1CCC(CON=C(c1ccccc1)c1ccncc1)C2. The van der Waals surface area contributed by atoms with Crippen LogP contribution < -0.4 is 4.74 Å². The second kappa shape index (κ2) is 9.89. The average molecular weight is 416 g/mol. The van der Waals surface area contributed by atoms with Gasteiger partial charge in [0.15, 0.2) is 6.61 Å². The molecule has 6 nitrogen and oxygen atoms in total. The molecule has 0 amide bonds. The van der Waals surface area contributed by atoms with Gasteiger partial charge in [0, 0.05) is 29.4 Å². The van der Waals surface area contributed by atoms with Crippen molar-refractivity contribution in [1.29, 1.82) is 0 Å². The first kappa shape index (κ1) is 20.6. The first-order chi connectivity index (χ1) is 15.2. The van der Waals surface area contributed by atoms with Crippen molar-refractivity contribution < 1.29 is 19.5 Å². The average Bonchev–Trinajstić information content (AvgIpc) is 2.81. The molecule has 1 aliphatic rings. The zero-order chi connectivity index (χ0) is 21.5. The molecule has 0 fully saturated rings. The third-order valence-electron chi connectivity index (χ3n) is 5.36.